The van der Waals surface area contributed by atoms with E-state index in [1.54, 1.807) is 7.05 Å². The van der Waals surface area contributed by atoms with Crippen molar-refractivity contribution in [1.29, 1.82) is 0 Å². The Labute approximate surface area is 178 Å². The van der Waals surface area contributed by atoms with Crippen molar-refractivity contribution in [2.45, 2.75) is 32.0 Å². The second kappa shape index (κ2) is 9.51. The van der Waals surface area contributed by atoms with Gasteiger partial charge in [-0.1, -0.05) is 17.7 Å². The van der Waals surface area contributed by atoms with E-state index < -0.39 is 11.7 Å². The number of anilines is 1. The first-order valence-corrected chi connectivity index (χ1v) is 10.0. The van der Waals surface area contributed by atoms with Gasteiger partial charge in [-0.15, -0.1) is 0 Å². The lowest BCUT2D eigenvalue weighted by Crippen LogP contribution is -2.45. The first-order valence-electron chi connectivity index (χ1n) is 9.62. The van der Waals surface area contributed by atoms with E-state index in [9.17, 15) is 13.2 Å². The highest BCUT2D eigenvalue weighted by Crippen LogP contribution is 2.34. The van der Waals surface area contributed by atoms with Crippen LogP contribution in [-0.4, -0.2) is 48.7 Å². The van der Waals surface area contributed by atoms with Gasteiger partial charge < -0.3 is 15.5 Å². The van der Waals surface area contributed by atoms with Crippen molar-refractivity contribution < 1.29 is 13.2 Å². The Hall–Kier alpha value is -2.55. The summed E-state index contributed by atoms with van der Waals surface area (Å²) < 4.78 is 38.4. The number of aliphatic imine (C=N–C) groups is 1. The number of aryl methyl sites for hydroxylation is 1. The van der Waals surface area contributed by atoms with Crippen LogP contribution in [0, 0.1) is 6.92 Å². The number of aromatic nitrogens is 2. The Bertz CT molecular complexity index is 885. The average molecular weight is 441 g/mol. The second-order valence-corrected chi connectivity index (χ2v) is 7.57. The number of alkyl halides is 3. The smallest absolute Gasteiger partial charge is 0.356 e. The summed E-state index contributed by atoms with van der Waals surface area (Å²) in [4.78, 5) is 14.4. The SMILES string of the molecule is CN=C(NCCc1ccc(C)nc1)NC1CCN(c2ncc(C(F)(F)F)cc2Cl)C1. The highest BCUT2D eigenvalue weighted by Gasteiger charge is 2.33. The summed E-state index contributed by atoms with van der Waals surface area (Å²) in [7, 11) is 1.70. The molecule has 0 bridgehead atoms. The van der Waals surface area contributed by atoms with Crippen molar-refractivity contribution in [2.24, 2.45) is 4.99 Å². The predicted molar refractivity (Wildman–Crippen MR) is 112 cm³/mol. The predicted octanol–water partition coefficient (Wildman–Crippen LogP) is 3.44. The molecule has 10 heteroatoms. The molecule has 0 spiro atoms. The summed E-state index contributed by atoms with van der Waals surface area (Å²) in [6.45, 7) is 3.86. The van der Waals surface area contributed by atoms with Crippen LogP contribution in [0.1, 0.15) is 23.2 Å². The summed E-state index contributed by atoms with van der Waals surface area (Å²) >= 11 is 6.07. The van der Waals surface area contributed by atoms with Crippen LogP contribution in [0.25, 0.3) is 0 Å². The normalized spacial score (nSPS) is 17.3. The van der Waals surface area contributed by atoms with Gasteiger partial charge in [0.15, 0.2) is 5.96 Å². The van der Waals surface area contributed by atoms with Gasteiger partial charge in [-0.05, 0) is 37.5 Å². The van der Waals surface area contributed by atoms with Gasteiger partial charge in [0.2, 0.25) is 0 Å². The van der Waals surface area contributed by atoms with Crippen molar-refractivity contribution in [3.8, 4) is 0 Å². The first-order chi connectivity index (χ1) is 14.3. The zero-order valence-corrected chi connectivity index (χ0v) is 17.6. The lowest BCUT2D eigenvalue weighted by Gasteiger charge is -2.21. The Morgan fingerprint density at radius 3 is 2.73 bits per heavy atom. The molecule has 0 radical (unpaired) electrons. The molecule has 0 saturated carbocycles. The number of guanidine groups is 1. The van der Waals surface area contributed by atoms with E-state index in [4.69, 9.17) is 11.6 Å². The van der Waals surface area contributed by atoms with Crippen molar-refractivity contribution in [2.75, 3.05) is 31.6 Å². The lowest BCUT2D eigenvalue weighted by atomic mass is 10.2. The van der Waals surface area contributed by atoms with E-state index in [1.165, 1.54) is 0 Å². The summed E-state index contributed by atoms with van der Waals surface area (Å²) in [5.41, 5.74) is 1.27. The molecule has 1 unspecified atom stereocenters. The quantitative estimate of drug-likeness (QED) is 0.550. The topological polar surface area (TPSA) is 65.4 Å². The van der Waals surface area contributed by atoms with Gasteiger partial charge in [0.05, 0.1) is 10.6 Å². The highest BCUT2D eigenvalue weighted by molar-refractivity contribution is 6.33. The van der Waals surface area contributed by atoms with Crippen LogP contribution in [0.4, 0.5) is 19.0 Å². The molecule has 2 aromatic heterocycles. The first kappa shape index (κ1) is 22.1. The second-order valence-electron chi connectivity index (χ2n) is 7.16. The van der Waals surface area contributed by atoms with Crippen molar-refractivity contribution in [3.05, 3.63) is 52.4 Å². The molecule has 1 atom stereocenters. The Kier molecular flexibility index (Phi) is 7.02. The van der Waals surface area contributed by atoms with Crippen molar-refractivity contribution in [3.63, 3.8) is 0 Å². The summed E-state index contributed by atoms with van der Waals surface area (Å²) in [5.74, 6) is 1.04. The Balaban J connectivity index is 1.51. The number of hydrogen-bond donors (Lipinski definition) is 2. The number of nitrogens with one attached hydrogen (secondary N) is 2. The number of nitrogens with zero attached hydrogens (tertiary/aromatic N) is 4. The molecular formula is C20H24ClF3N6. The summed E-state index contributed by atoms with van der Waals surface area (Å²) in [5, 5.41) is 6.62. The fourth-order valence-corrected chi connectivity index (χ4v) is 3.53. The highest BCUT2D eigenvalue weighted by atomic mass is 35.5. The van der Waals surface area contributed by atoms with Gasteiger partial charge in [0.25, 0.3) is 0 Å². The largest absolute Gasteiger partial charge is 0.417 e. The van der Waals surface area contributed by atoms with Crippen LogP contribution >= 0.6 is 11.6 Å². The maximum atomic E-state index is 12.8. The number of pyridine rings is 2. The van der Waals surface area contributed by atoms with E-state index in [-0.39, 0.29) is 11.1 Å². The molecule has 1 aliphatic heterocycles. The molecule has 6 nitrogen and oxygen atoms in total. The monoisotopic (exact) mass is 440 g/mol. The Morgan fingerprint density at radius 1 is 1.30 bits per heavy atom. The van der Waals surface area contributed by atoms with Crippen molar-refractivity contribution >= 4 is 23.4 Å². The van der Waals surface area contributed by atoms with E-state index in [1.807, 2.05) is 24.1 Å². The van der Waals surface area contributed by atoms with Gasteiger partial charge in [-0.2, -0.15) is 13.2 Å². The molecule has 0 aliphatic carbocycles. The minimum absolute atomic E-state index is 0.000288. The molecule has 0 aromatic carbocycles. The molecule has 3 rings (SSSR count). The average Bonchev–Trinajstić information content (AvgIpc) is 3.16. The van der Waals surface area contributed by atoms with E-state index in [0.717, 1.165) is 36.4 Å². The molecule has 1 saturated heterocycles. The van der Waals surface area contributed by atoms with E-state index >= 15 is 0 Å². The zero-order chi connectivity index (χ0) is 21.7. The van der Waals surface area contributed by atoms with Crippen LogP contribution in [0.3, 0.4) is 0 Å². The molecular weight excluding hydrogens is 417 g/mol. The summed E-state index contributed by atoms with van der Waals surface area (Å²) in [6.07, 6.45) is -0.167. The van der Waals surface area contributed by atoms with Gasteiger partial charge in [-0.25, -0.2) is 4.98 Å². The zero-order valence-electron chi connectivity index (χ0n) is 16.8. The molecule has 30 heavy (non-hydrogen) atoms. The van der Waals surface area contributed by atoms with Crippen LogP contribution in [0.15, 0.2) is 35.6 Å². The van der Waals surface area contributed by atoms with Gasteiger partial charge in [0, 0.05) is 50.8 Å². The summed E-state index contributed by atoms with van der Waals surface area (Å²) in [6, 6.07) is 5.04. The standard InChI is InChI=1S/C20H24ClF3N6/c1-13-3-4-14(10-27-13)5-7-26-19(25-2)29-16-6-8-30(12-16)18-17(21)9-15(11-28-18)20(22,23)24/h3-4,9-11,16H,5-8,12H2,1-2H3,(H2,25,26,29). The maximum absolute atomic E-state index is 12.8. The fraction of sp³-hybridized carbons (Fsp3) is 0.450. The van der Waals surface area contributed by atoms with Crippen LogP contribution < -0.4 is 15.5 Å². The molecule has 3 heterocycles. The van der Waals surface area contributed by atoms with E-state index in [0.29, 0.717) is 31.4 Å². The van der Waals surface area contributed by atoms with Gasteiger partial charge in [-0.3, -0.25) is 9.98 Å². The number of rotatable bonds is 5. The van der Waals surface area contributed by atoms with Crippen LogP contribution in [0.5, 0.6) is 0 Å². The molecule has 162 valence electrons. The third-order valence-corrected chi connectivity index (χ3v) is 5.16. The molecule has 2 N–H and O–H groups in total. The van der Waals surface area contributed by atoms with Crippen LogP contribution in [0.2, 0.25) is 5.02 Å². The van der Waals surface area contributed by atoms with Gasteiger partial charge >= 0.3 is 6.18 Å². The lowest BCUT2D eigenvalue weighted by molar-refractivity contribution is -0.137. The fourth-order valence-electron chi connectivity index (χ4n) is 3.25. The van der Waals surface area contributed by atoms with Crippen molar-refractivity contribution in [1.82, 2.24) is 20.6 Å². The molecule has 1 aliphatic rings. The number of halogens is 4. The van der Waals surface area contributed by atoms with E-state index in [2.05, 4.69) is 31.7 Å². The maximum Gasteiger partial charge on any atom is 0.417 e. The minimum Gasteiger partial charge on any atom is -0.356 e. The third kappa shape index (κ3) is 5.75. The minimum atomic E-state index is -4.46. The number of hydrogen-bond acceptors (Lipinski definition) is 4. The Morgan fingerprint density at radius 2 is 2.10 bits per heavy atom. The van der Waals surface area contributed by atoms with Gasteiger partial charge in [0.1, 0.15) is 5.82 Å². The molecule has 0 amide bonds. The molecule has 2 aromatic rings. The third-order valence-electron chi connectivity index (χ3n) is 4.88. The molecule has 1 fully saturated rings. The van der Waals surface area contributed by atoms with Crippen LogP contribution in [-0.2, 0) is 12.6 Å².